The van der Waals surface area contributed by atoms with E-state index >= 15 is 0 Å². The van der Waals surface area contributed by atoms with Crippen LogP contribution < -0.4 is 15.4 Å². The van der Waals surface area contributed by atoms with Crippen LogP contribution >= 0.6 is 0 Å². The minimum absolute atomic E-state index is 0.140. The largest absolute Gasteiger partial charge is 0.336 e. The second-order valence-electron chi connectivity index (χ2n) is 6.93. The van der Waals surface area contributed by atoms with Gasteiger partial charge >= 0.3 is 6.03 Å². The lowest BCUT2D eigenvalue weighted by Gasteiger charge is -2.10. The van der Waals surface area contributed by atoms with Gasteiger partial charge in [0.1, 0.15) is 5.52 Å². The molecule has 9 nitrogen and oxygen atoms in total. The Hall–Kier alpha value is -2.98. The van der Waals surface area contributed by atoms with Crippen LogP contribution in [-0.2, 0) is 16.6 Å². The van der Waals surface area contributed by atoms with Crippen molar-refractivity contribution in [3.63, 3.8) is 0 Å². The monoisotopic (exact) mass is 416 g/mol. The normalized spacial score (nSPS) is 11.7. The average Bonchev–Trinajstić information content (AvgIpc) is 3.05. The van der Waals surface area contributed by atoms with Crippen LogP contribution in [0.1, 0.15) is 19.4 Å². The van der Waals surface area contributed by atoms with Gasteiger partial charge in [-0.05, 0) is 50.6 Å². The maximum atomic E-state index is 12.3. The predicted octanol–water partition coefficient (Wildman–Crippen LogP) is 2.25. The molecule has 10 heteroatoms. The Balaban J connectivity index is 1.63. The van der Waals surface area contributed by atoms with Gasteiger partial charge in [-0.25, -0.2) is 22.6 Å². The first kappa shape index (κ1) is 20.7. The van der Waals surface area contributed by atoms with Gasteiger partial charge in [0, 0.05) is 18.3 Å². The zero-order chi connectivity index (χ0) is 21.0. The highest BCUT2D eigenvalue weighted by molar-refractivity contribution is 7.89. The molecule has 0 saturated heterocycles. The van der Waals surface area contributed by atoms with Crippen LogP contribution in [0.25, 0.3) is 11.0 Å². The van der Waals surface area contributed by atoms with Crippen molar-refractivity contribution in [3.8, 4) is 0 Å². The van der Waals surface area contributed by atoms with Crippen LogP contribution in [0.3, 0.4) is 0 Å². The number of para-hydroxylation sites is 1. The topological polar surface area (TPSA) is 118 Å². The first-order chi connectivity index (χ1) is 13.8. The molecule has 0 radical (unpaired) electrons. The molecule has 0 aliphatic heterocycles. The molecule has 0 fully saturated rings. The first-order valence-corrected chi connectivity index (χ1v) is 10.7. The third-order valence-electron chi connectivity index (χ3n) is 4.19. The number of rotatable bonds is 7. The maximum absolute atomic E-state index is 12.3. The number of hydrogen-bond donors (Lipinski definition) is 3. The molecule has 2 aromatic carbocycles. The predicted molar refractivity (Wildman–Crippen MR) is 111 cm³/mol. The number of nitrogens with one attached hydrogen (secondary N) is 3. The van der Waals surface area contributed by atoms with Gasteiger partial charge in [-0.2, -0.15) is 0 Å². The SMILES string of the molecule is Cc1ccccc1NC(=O)NCCn1nnc2cc(S(=O)(=O)NC(C)C)ccc21. The second-order valence-corrected chi connectivity index (χ2v) is 8.65. The van der Waals surface area contributed by atoms with Crippen molar-refractivity contribution in [1.82, 2.24) is 25.0 Å². The number of hydrogen-bond acceptors (Lipinski definition) is 5. The molecule has 0 atom stereocenters. The highest BCUT2D eigenvalue weighted by Gasteiger charge is 2.17. The van der Waals surface area contributed by atoms with E-state index in [2.05, 4.69) is 25.7 Å². The van der Waals surface area contributed by atoms with E-state index in [9.17, 15) is 13.2 Å². The zero-order valence-electron chi connectivity index (χ0n) is 16.5. The number of urea groups is 1. The van der Waals surface area contributed by atoms with Gasteiger partial charge < -0.3 is 10.6 Å². The fraction of sp³-hybridized carbons (Fsp3) is 0.316. The molecule has 29 heavy (non-hydrogen) atoms. The number of carbonyl (C=O) groups is 1. The maximum Gasteiger partial charge on any atom is 0.319 e. The molecule has 0 bridgehead atoms. The minimum Gasteiger partial charge on any atom is -0.336 e. The van der Waals surface area contributed by atoms with Crippen LogP contribution in [-0.4, -0.2) is 42.0 Å². The number of aromatic nitrogens is 3. The van der Waals surface area contributed by atoms with Crippen molar-refractivity contribution in [2.75, 3.05) is 11.9 Å². The third kappa shape index (κ3) is 5.09. The Labute approximate surface area is 169 Å². The lowest BCUT2D eigenvalue weighted by atomic mass is 10.2. The van der Waals surface area contributed by atoms with E-state index in [-0.39, 0.29) is 17.0 Å². The van der Waals surface area contributed by atoms with Crippen LogP contribution in [0.15, 0.2) is 47.4 Å². The highest BCUT2D eigenvalue weighted by Crippen LogP contribution is 2.17. The smallest absolute Gasteiger partial charge is 0.319 e. The van der Waals surface area contributed by atoms with Crippen molar-refractivity contribution >= 4 is 32.8 Å². The summed E-state index contributed by atoms with van der Waals surface area (Å²) in [6, 6.07) is 11.7. The number of fused-ring (bicyclic) bond motifs is 1. The van der Waals surface area contributed by atoms with Gasteiger partial charge in [-0.1, -0.05) is 23.4 Å². The van der Waals surface area contributed by atoms with Gasteiger partial charge in [0.15, 0.2) is 0 Å². The molecule has 1 heterocycles. The quantitative estimate of drug-likeness (QED) is 0.546. The van der Waals surface area contributed by atoms with Crippen molar-refractivity contribution < 1.29 is 13.2 Å². The number of anilines is 1. The lowest BCUT2D eigenvalue weighted by Crippen LogP contribution is -2.31. The van der Waals surface area contributed by atoms with E-state index in [1.165, 1.54) is 12.1 Å². The van der Waals surface area contributed by atoms with Crippen LogP contribution in [0.5, 0.6) is 0 Å². The van der Waals surface area contributed by atoms with E-state index in [1.54, 1.807) is 24.6 Å². The van der Waals surface area contributed by atoms with Gasteiger partial charge in [0.2, 0.25) is 10.0 Å². The third-order valence-corrected chi connectivity index (χ3v) is 5.85. The molecular formula is C19H24N6O3S. The van der Waals surface area contributed by atoms with E-state index in [0.717, 1.165) is 11.3 Å². The number of sulfonamides is 1. The van der Waals surface area contributed by atoms with E-state index < -0.39 is 10.0 Å². The summed E-state index contributed by atoms with van der Waals surface area (Å²) in [4.78, 5) is 12.2. The summed E-state index contributed by atoms with van der Waals surface area (Å²) < 4.78 is 28.7. The van der Waals surface area contributed by atoms with E-state index in [1.807, 2.05) is 31.2 Å². The highest BCUT2D eigenvalue weighted by atomic mass is 32.2. The Kier molecular flexibility index (Phi) is 6.14. The number of benzene rings is 2. The number of aryl methyl sites for hydroxylation is 1. The molecule has 3 N–H and O–H groups in total. The van der Waals surface area contributed by atoms with Gasteiger partial charge in [0.05, 0.1) is 17.0 Å². The molecule has 0 aliphatic carbocycles. The summed E-state index contributed by atoms with van der Waals surface area (Å²) in [5, 5.41) is 13.7. The Bertz CT molecular complexity index is 1120. The molecule has 3 aromatic rings. The van der Waals surface area contributed by atoms with Crippen molar-refractivity contribution in [3.05, 3.63) is 48.0 Å². The fourth-order valence-electron chi connectivity index (χ4n) is 2.82. The van der Waals surface area contributed by atoms with Crippen LogP contribution in [0.4, 0.5) is 10.5 Å². The number of amides is 2. The van der Waals surface area contributed by atoms with Gasteiger partial charge in [-0.15, -0.1) is 5.10 Å². The van der Waals surface area contributed by atoms with Gasteiger partial charge in [0.25, 0.3) is 0 Å². The van der Waals surface area contributed by atoms with Crippen molar-refractivity contribution in [2.24, 2.45) is 0 Å². The van der Waals surface area contributed by atoms with Crippen molar-refractivity contribution in [2.45, 2.75) is 38.3 Å². The van der Waals surface area contributed by atoms with Crippen LogP contribution in [0.2, 0.25) is 0 Å². The Morgan fingerprint density at radius 1 is 1.17 bits per heavy atom. The summed E-state index contributed by atoms with van der Waals surface area (Å²) in [5.41, 5.74) is 2.89. The molecule has 0 aliphatic rings. The first-order valence-electron chi connectivity index (χ1n) is 9.22. The number of nitrogens with zero attached hydrogens (tertiary/aromatic N) is 3. The molecule has 3 rings (SSSR count). The molecule has 0 saturated carbocycles. The summed E-state index contributed by atoms with van der Waals surface area (Å²) >= 11 is 0. The summed E-state index contributed by atoms with van der Waals surface area (Å²) in [5.74, 6) is 0. The zero-order valence-corrected chi connectivity index (χ0v) is 17.3. The van der Waals surface area contributed by atoms with E-state index in [0.29, 0.717) is 24.1 Å². The fourth-order valence-corrected chi connectivity index (χ4v) is 4.09. The summed E-state index contributed by atoms with van der Waals surface area (Å²) in [7, 11) is -3.60. The standard InChI is InChI=1S/C19H24N6O3S/c1-13(2)23-29(27,28)15-8-9-18-17(12-15)22-24-25(18)11-10-20-19(26)21-16-7-5-4-6-14(16)3/h4-9,12-13,23H,10-11H2,1-3H3,(H2,20,21,26). The number of carbonyl (C=O) groups excluding carboxylic acids is 1. The molecule has 0 spiro atoms. The Morgan fingerprint density at radius 2 is 1.93 bits per heavy atom. The molecule has 2 amide bonds. The lowest BCUT2D eigenvalue weighted by molar-refractivity contribution is 0.251. The molecule has 0 unspecified atom stereocenters. The van der Waals surface area contributed by atoms with Gasteiger partial charge in [-0.3, -0.25) is 0 Å². The Morgan fingerprint density at radius 3 is 2.66 bits per heavy atom. The molecule has 1 aromatic heterocycles. The minimum atomic E-state index is -3.60. The van der Waals surface area contributed by atoms with E-state index in [4.69, 9.17) is 0 Å². The van der Waals surface area contributed by atoms with Crippen LogP contribution in [0, 0.1) is 6.92 Å². The average molecular weight is 417 g/mol. The molecular weight excluding hydrogens is 392 g/mol. The summed E-state index contributed by atoms with van der Waals surface area (Å²) in [6.45, 7) is 6.17. The van der Waals surface area contributed by atoms with Crippen molar-refractivity contribution in [1.29, 1.82) is 0 Å². The summed E-state index contributed by atoms with van der Waals surface area (Å²) in [6.07, 6.45) is 0. The second kappa shape index (κ2) is 8.58. The molecule has 154 valence electrons.